The van der Waals surface area contributed by atoms with Crippen molar-refractivity contribution in [2.75, 3.05) is 14.2 Å². The van der Waals surface area contributed by atoms with Crippen LogP contribution in [0.3, 0.4) is 0 Å². The van der Waals surface area contributed by atoms with Crippen LogP contribution in [0.4, 0.5) is 0 Å². The average Bonchev–Trinajstić information content (AvgIpc) is 3.80. The van der Waals surface area contributed by atoms with Crippen molar-refractivity contribution >= 4 is 40.2 Å². The highest BCUT2D eigenvalue weighted by atomic mass is 16.5. The normalized spacial score (nSPS) is 14.2. The maximum atomic E-state index is 12.1. The van der Waals surface area contributed by atoms with Gasteiger partial charge in [0.2, 0.25) is 0 Å². The Balaban J connectivity index is 1.54. The molecule has 5 aromatic rings. The highest BCUT2D eigenvalue weighted by Crippen LogP contribution is 2.32. The quantitative estimate of drug-likeness (QED) is 0.171. The number of H-pyrrole nitrogens is 2. The second-order valence-corrected chi connectivity index (χ2v) is 13.3. The first-order valence-electron chi connectivity index (χ1n) is 15.8. The molecule has 8 bridgehead atoms. The van der Waals surface area contributed by atoms with Gasteiger partial charge in [-0.1, -0.05) is 69.9 Å². The van der Waals surface area contributed by atoms with E-state index in [2.05, 4.69) is 85.9 Å². The summed E-state index contributed by atoms with van der Waals surface area (Å²) in [6.45, 7) is 8.60. The third-order valence-corrected chi connectivity index (χ3v) is 8.80. The maximum absolute atomic E-state index is 12.1. The lowest BCUT2D eigenvalue weighted by molar-refractivity contribution is 0.0600. The smallest absolute Gasteiger partial charge is 0.337 e. The summed E-state index contributed by atoms with van der Waals surface area (Å²) in [5, 5.41) is 1.58. The molecule has 0 unspecified atom stereocenters. The minimum atomic E-state index is -0.376. The van der Waals surface area contributed by atoms with E-state index in [4.69, 9.17) is 19.4 Å². The molecule has 0 radical (unpaired) electrons. The van der Waals surface area contributed by atoms with Gasteiger partial charge in [0.25, 0.3) is 0 Å². The Bertz CT molecular complexity index is 2440. The molecule has 7 nitrogen and oxygen atoms in total. The van der Waals surface area contributed by atoms with Crippen molar-refractivity contribution in [2.24, 2.45) is 0 Å². The van der Waals surface area contributed by atoms with E-state index in [1.54, 1.807) is 19.2 Å². The fourth-order valence-electron chi connectivity index (χ4n) is 6.20. The van der Waals surface area contributed by atoms with E-state index >= 15 is 0 Å². The van der Waals surface area contributed by atoms with Crippen LogP contribution in [0, 0.1) is 11.8 Å². The summed E-state index contributed by atoms with van der Waals surface area (Å²) in [6, 6.07) is 27.8. The fraction of sp³-hybridized carbons (Fsp3) is 0.195. The Morgan fingerprint density at radius 2 is 1.44 bits per heavy atom. The molecule has 7 heteroatoms. The Morgan fingerprint density at radius 1 is 0.750 bits per heavy atom. The van der Waals surface area contributed by atoms with Crippen molar-refractivity contribution < 1.29 is 14.3 Å². The predicted octanol–water partition coefficient (Wildman–Crippen LogP) is 6.69. The van der Waals surface area contributed by atoms with E-state index in [0.717, 1.165) is 66.4 Å². The lowest BCUT2D eigenvalue weighted by Gasteiger charge is -2.13. The van der Waals surface area contributed by atoms with Crippen LogP contribution in [0.1, 0.15) is 60.6 Å². The molecule has 0 saturated carbocycles. The van der Waals surface area contributed by atoms with E-state index in [1.807, 2.05) is 48.5 Å². The second kappa shape index (κ2) is 11.7. The van der Waals surface area contributed by atoms with Crippen LogP contribution in [0.5, 0.6) is 5.75 Å². The molecule has 2 aliphatic rings. The molecule has 48 heavy (non-hydrogen) atoms. The number of aromatic amines is 2. The largest absolute Gasteiger partial charge is 0.492 e. The molecule has 2 aliphatic heterocycles. The summed E-state index contributed by atoms with van der Waals surface area (Å²) in [6.07, 6.45) is 4.31. The van der Waals surface area contributed by atoms with E-state index in [9.17, 15) is 4.79 Å². The first-order chi connectivity index (χ1) is 23.0. The molecule has 238 valence electrons. The topological polar surface area (TPSA) is 92.9 Å². The molecule has 0 spiro atoms. The molecule has 2 N–H and O–H groups in total. The van der Waals surface area contributed by atoms with Gasteiger partial charge in [0.1, 0.15) is 5.35 Å². The van der Waals surface area contributed by atoms with Crippen molar-refractivity contribution in [2.45, 2.75) is 38.5 Å². The third-order valence-electron chi connectivity index (χ3n) is 8.80. The van der Waals surface area contributed by atoms with Gasteiger partial charge in [0.05, 0.1) is 47.6 Å². The molecule has 7 rings (SSSR count). The molecule has 0 aliphatic carbocycles. The zero-order valence-electron chi connectivity index (χ0n) is 27.9. The van der Waals surface area contributed by atoms with Gasteiger partial charge >= 0.3 is 5.97 Å². The number of benzene rings is 2. The number of hydrogen-bond acceptors (Lipinski definition) is 5. The number of nitrogens with one attached hydrogen (secondary N) is 2. The van der Waals surface area contributed by atoms with Gasteiger partial charge in [0.15, 0.2) is 5.75 Å². The minimum absolute atomic E-state index is 0.324. The predicted molar refractivity (Wildman–Crippen MR) is 191 cm³/mol. The van der Waals surface area contributed by atoms with Crippen LogP contribution < -0.4 is 15.4 Å². The zero-order valence-corrected chi connectivity index (χ0v) is 27.9. The Morgan fingerprint density at radius 3 is 2.15 bits per heavy atom. The van der Waals surface area contributed by atoms with Crippen molar-refractivity contribution in [3.8, 4) is 28.7 Å². The molecule has 5 heterocycles. The van der Waals surface area contributed by atoms with Gasteiger partial charge in [0, 0.05) is 38.5 Å². The Kier molecular flexibility index (Phi) is 7.52. The van der Waals surface area contributed by atoms with Gasteiger partial charge < -0.3 is 19.4 Å². The Labute approximate surface area is 279 Å². The monoisotopic (exact) mass is 632 g/mol. The number of carbonyl (C=O) groups is 1. The number of esters is 1. The zero-order chi connectivity index (χ0) is 33.6. The summed E-state index contributed by atoms with van der Waals surface area (Å²) in [4.78, 5) is 29.5. The lowest BCUT2D eigenvalue weighted by atomic mass is 9.90. The number of rotatable bonds is 3. The van der Waals surface area contributed by atoms with Gasteiger partial charge in [-0.15, -0.1) is 0 Å². The first-order valence-corrected chi connectivity index (χ1v) is 15.8. The van der Waals surface area contributed by atoms with Gasteiger partial charge in [-0.05, 0) is 72.3 Å². The number of ether oxygens (including phenoxy) is 2. The number of hydrogen-bond donors (Lipinski definition) is 2. The van der Waals surface area contributed by atoms with Gasteiger partial charge in [-0.3, -0.25) is 4.98 Å². The SMILES string of the molecule is COC(=O)c1ccc(-c2cc3cc4nc(c(OC)c5[nH]c(cc6nc(cc2[nH]3)=CC6(C)C)cc5C#Cc2ccccc2)=CC4(C)C)cc1. The van der Waals surface area contributed by atoms with E-state index in [-0.39, 0.29) is 16.8 Å². The molecule has 0 fully saturated rings. The van der Waals surface area contributed by atoms with E-state index < -0.39 is 0 Å². The first kappa shape index (κ1) is 30.8. The van der Waals surface area contributed by atoms with E-state index in [1.165, 1.54) is 7.11 Å². The minimum Gasteiger partial charge on any atom is -0.492 e. The number of fused-ring (bicyclic) bond motifs is 8. The highest BCUT2D eigenvalue weighted by molar-refractivity contribution is 5.91. The summed E-state index contributed by atoms with van der Waals surface area (Å²) < 4.78 is 11.0. The molecular weight excluding hydrogens is 596 g/mol. The van der Waals surface area contributed by atoms with Crippen LogP contribution in [-0.2, 0) is 15.6 Å². The summed E-state index contributed by atoms with van der Waals surface area (Å²) in [5.41, 5.74) is 8.71. The standard InChI is InChI=1S/C41H36N4O3/c1-40(2)23-31-20-33-32(26-14-16-27(17-15-26)39(46)48-6)19-30(42-33)22-36-41(3,4)24-34(45-36)38(47-5)37-28(13-12-25-10-8-7-9-11-25)18-29(44-37)21-35(40)43-31/h7-11,14-24,42,44H,1-6H3. The molecule has 0 saturated heterocycles. The second-order valence-electron chi connectivity index (χ2n) is 13.3. The number of carbonyl (C=O) groups excluding carboxylic acids is 1. The summed E-state index contributed by atoms with van der Waals surface area (Å²) in [7, 11) is 3.05. The highest BCUT2D eigenvalue weighted by Gasteiger charge is 2.26. The van der Waals surface area contributed by atoms with Crippen LogP contribution in [0.15, 0.2) is 84.9 Å². The van der Waals surface area contributed by atoms with Crippen molar-refractivity contribution in [3.05, 3.63) is 124 Å². The molecule has 0 atom stereocenters. The van der Waals surface area contributed by atoms with E-state index in [0.29, 0.717) is 11.3 Å². The summed E-state index contributed by atoms with van der Waals surface area (Å²) >= 11 is 0. The number of nitrogens with zero attached hydrogens (tertiary/aromatic N) is 2. The molecule has 2 aromatic carbocycles. The molecule has 0 amide bonds. The van der Waals surface area contributed by atoms with Crippen LogP contribution >= 0.6 is 0 Å². The maximum Gasteiger partial charge on any atom is 0.337 e. The number of methoxy groups -OCH3 is 2. The van der Waals surface area contributed by atoms with Crippen LogP contribution in [-0.4, -0.2) is 40.1 Å². The van der Waals surface area contributed by atoms with Gasteiger partial charge in [-0.25, -0.2) is 9.78 Å². The number of aromatic nitrogens is 4. The van der Waals surface area contributed by atoms with Gasteiger partial charge in [-0.2, -0.15) is 0 Å². The third kappa shape index (κ3) is 5.78. The van der Waals surface area contributed by atoms with Crippen molar-refractivity contribution in [1.29, 1.82) is 0 Å². The average molecular weight is 633 g/mol. The lowest BCUT2D eigenvalue weighted by Crippen LogP contribution is -2.10. The Hall–Kier alpha value is -5.87. The van der Waals surface area contributed by atoms with Crippen molar-refractivity contribution in [3.63, 3.8) is 0 Å². The summed E-state index contributed by atoms with van der Waals surface area (Å²) in [5.74, 6) is 6.94. The van der Waals surface area contributed by atoms with Crippen molar-refractivity contribution in [1.82, 2.24) is 19.9 Å². The molecular formula is C41H36N4O3. The molecule has 3 aromatic heterocycles. The fourth-order valence-corrected chi connectivity index (χ4v) is 6.20. The van der Waals surface area contributed by atoms with Crippen LogP contribution in [0.25, 0.3) is 45.3 Å². The van der Waals surface area contributed by atoms with Crippen LogP contribution in [0.2, 0.25) is 0 Å².